The van der Waals surface area contributed by atoms with E-state index in [1.807, 2.05) is 0 Å². The predicted molar refractivity (Wildman–Crippen MR) is 115 cm³/mol. The third-order valence-corrected chi connectivity index (χ3v) is 8.05. The minimum Gasteiger partial charge on any atom is -1.00 e. The Kier molecular flexibility index (Phi) is 10.9. The molecule has 0 saturated heterocycles. The van der Waals surface area contributed by atoms with E-state index in [0.717, 1.165) is 31.9 Å². The number of halogens is 1. The van der Waals surface area contributed by atoms with Gasteiger partial charge in [0.05, 0.1) is 33.4 Å². The van der Waals surface area contributed by atoms with E-state index in [2.05, 4.69) is 41.8 Å². The third-order valence-electron chi connectivity index (χ3n) is 8.05. The first-order valence-corrected chi connectivity index (χ1v) is 11.7. The number of hydrogen-bond acceptors (Lipinski definition) is 3. The fraction of sp³-hybridized carbons (Fsp3) is 0.958. The molecule has 0 heterocycles. The highest BCUT2D eigenvalue weighted by atomic mass is 127. The Morgan fingerprint density at radius 3 is 2.28 bits per heavy atom. The van der Waals surface area contributed by atoms with E-state index >= 15 is 0 Å². The second-order valence-electron chi connectivity index (χ2n) is 10.8. The van der Waals surface area contributed by atoms with Crippen LogP contribution in [0.2, 0.25) is 0 Å². The molecule has 2 aliphatic rings. The summed E-state index contributed by atoms with van der Waals surface area (Å²) in [6.07, 6.45) is 11.5. The van der Waals surface area contributed by atoms with Gasteiger partial charge in [-0.3, -0.25) is 0 Å². The topological polar surface area (TPSA) is 35.5 Å². The fourth-order valence-electron chi connectivity index (χ4n) is 5.37. The standard InChI is InChI=1S/C24H46NO3.HI/c1-7-8-9-10-11-12-16-28-22(26)19-25(5,6)15-17-27-21-18-20-13-14-24(21,4)23(20,2)3;/h20-21H,7-19H2,1-6H3;1H/q+1;/p-1. The van der Waals surface area contributed by atoms with Crippen LogP contribution in [-0.4, -0.2) is 57.0 Å². The number of carbonyl (C=O) groups excluding carboxylic acids is 1. The van der Waals surface area contributed by atoms with Gasteiger partial charge in [0, 0.05) is 0 Å². The van der Waals surface area contributed by atoms with Crippen LogP contribution in [0, 0.1) is 16.7 Å². The van der Waals surface area contributed by atoms with Gasteiger partial charge in [-0.15, -0.1) is 0 Å². The van der Waals surface area contributed by atoms with Crippen LogP contribution in [0.5, 0.6) is 0 Å². The van der Waals surface area contributed by atoms with Crippen molar-refractivity contribution < 1.29 is 42.7 Å². The summed E-state index contributed by atoms with van der Waals surface area (Å²) in [6.45, 7) is 12.1. The summed E-state index contributed by atoms with van der Waals surface area (Å²) in [5.74, 6) is 0.730. The Bertz CT molecular complexity index is 508. The molecular weight excluding hydrogens is 477 g/mol. The number of ether oxygens (including phenoxy) is 2. The molecular formula is C24H46INO3. The van der Waals surface area contributed by atoms with Crippen molar-refractivity contribution in [3.8, 4) is 0 Å². The molecule has 29 heavy (non-hydrogen) atoms. The van der Waals surface area contributed by atoms with Crippen molar-refractivity contribution in [2.45, 2.75) is 91.6 Å². The van der Waals surface area contributed by atoms with Crippen LogP contribution < -0.4 is 24.0 Å². The molecule has 0 aromatic carbocycles. The smallest absolute Gasteiger partial charge is 0.361 e. The average molecular weight is 524 g/mol. The van der Waals surface area contributed by atoms with Crippen LogP contribution in [-0.2, 0) is 14.3 Å². The van der Waals surface area contributed by atoms with Gasteiger partial charge in [0.2, 0.25) is 0 Å². The highest BCUT2D eigenvalue weighted by molar-refractivity contribution is 5.70. The van der Waals surface area contributed by atoms with Crippen LogP contribution in [0.1, 0.15) is 85.5 Å². The van der Waals surface area contributed by atoms with Gasteiger partial charge in [0.25, 0.3) is 0 Å². The maximum absolute atomic E-state index is 12.2. The molecule has 0 aliphatic heterocycles. The summed E-state index contributed by atoms with van der Waals surface area (Å²) in [5, 5.41) is 0. The van der Waals surface area contributed by atoms with Crippen LogP contribution in [0.15, 0.2) is 0 Å². The van der Waals surface area contributed by atoms with Crippen molar-refractivity contribution in [1.82, 2.24) is 0 Å². The molecule has 2 aliphatic carbocycles. The second-order valence-corrected chi connectivity index (χ2v) is 10.8. The first-order chi connectivity index (χ1) is 13.1. The molecule has 5 heteroatoms. The fourth-order valence-corrected chi connectivity index (χ4v) is 5.37. The highest BCUT2D eigenvalue weighted by Gasteiger charge is 2.61. The Labute approximate surface area is 197 Å². The zero-order valence-electron chi connectivity index (χ0n) is 19.9. The largest absolute Gasteiger partial charge is 1.00 e. The molecule has 2 bridgehead atoms. The Balaban J connectivity index is 0.00000420. The quantitative estimate of drug-likeness (QED) is 0.161. The summed E-state index contributed by atoms with van der Waals surface area (Å²) in [4.78, 5) is 12.2. The molecule has 172 valence electrons. The molecule has 0 spiro atoms. The van der Waals surface area contributed by atoms with E-state index in [0.29, 0.717) is 34.6 Å². The van der Waals surface area contributed by atoms with Gasteiger partial charge in [-0.05, 0) is 42.4 Å². The summed E-state index contributed by atoms with van der Waals surface area (Å²) in [6, 6.07) is 0. The van der Waals surface area contributed by atoms with Gasteiger partial charge in [-0.1, -0.05) is 59.8 Å². The minimum absolute atomic E-state index is 0. The molecule has 3 atom stereocenters. The zero-order chi connectivity index (χ0) is 20.8. The van der Waals surface area contributed by atoms with Gasteiger partial charge in [-0.2, -0.15) is 0 Å². The van der Waals surface area contributed by atoms with Crippen molar-refractivity contribution >= 4 is 5.97 Å². The lowest BCUT2D eigenvalue weighted by molar-refractivity contribution is -0.883. The molecule has 2 saturated carbocycles. The number of unbranched alkanes of at least 4 members (excludes halogenated alkanes) is 5. The Morgan fingerprint density at radius 1 is 1.03 bits per heavy atom. The van der Waals surface area contributed by atoms with E-state index < -0.39 is 0 Å². The second kappa shape index (κ2) is 11.7. The molecule has 4 nitrogen and oxygen atoms in total. The molecule has 2 fully saturated rings. The van der Waals surface area contributed by atoms with Crippen molar-refractivity contribution in [3.05, 3.63) is 0 Å². The number of nitrogens with zero attached hydrogens (tertiary/aromatic N) is 1. The zero-order valence-corrected chi connectivity index (χ0v) is 22.1. The number of hydrogen-bond donors (Lipinski definition) is 0. The monoisotopic (exact) mass is 523 g/mol. The average Bonchev–Trinajstić information content (AvgIpc) is 2.94. The van der Waals surface area contributed by atoms with Crippen molar-refractivity contribution in [3.63, 3.8) is 0 Å². The first kappa shape index (κ1) is 27.2. The van der Waals surface area contributed by atoms with Crippen LogP contribution in [0.4, 0.5) is 0 Å². The SMILES string of the molecule is CCCCCCCCOC(=O)C[N+](C)(C)CCOC1CC2CCC1(C)C2(C)C.[I-]. The van der Waals surface area contributed by atoms with Crippen LogP contribution in [0.3, 0.4) is 0 Å². The van der Waals surface area contributed by atoms with E-state index in [9.17, 15) is 4.79 Å². The third kappa shape index (κ3) is 7.06. The molecule has 0 aromatic rings. The molecule has 3 unspecified atom stereocenters. The lowest BCUT2D eigenvalue weighted by atomic mass is 9.70. The summed E-state index contributed by atoms with van der Waals surface area (Å²) >= 11 is 0. The molecule has 0 radical (unpaired) electrons. The summed E-state index contributed by atoms with van der Waals surface area (Å²) < 4.78 is 12.5. The molecule has 0 aromatic heterocycles. The lowest BCUT2D eigenvalue weighted by Crippen LogP contribution is -3.00. The molecule has 0 N–H and O–H groups in total. The number of esters is 1. The maximum Gasteiger partial charge on any atom is 0.361 e. The maximum atomic E-state index is 12.2. The Morgan fingerprint density at radius 2 is 1.69 bits per heavy atom. The van der Waals surface area contributed by atoms with E-state index in [4.69, 9.17) is 9.47 Å². The minimum atomic E-state index is -0.0772. The van der Waals surface area contributed by atoms with Gasteiger partial charge < -0.3 is 37.9 Å². The van der Waals surface area contributed by atoms with E-state index in [1.54, 1.807) is 0 Å². The van der Waals surface area contributed by atoms with Gasteiger partial charge >= 0.3 is 5.97 Å². The van der Waals surface area contributed by atoms with Gasteiger partial charge in [0.1, 0.15) is 6.54 Å². The Hall–Kier alpha value is 0.120. The van der Waals surface area contributed by atoms with Crippen LogP contribution in [0.25, 0.3) is 0 Å². The van der Waals surface area contributed by atoms with Gasteiger partial charge in [0.15, 0.2) is 6.54 Å². The summed E-state index contributed by atoms with van der Waals surface area (Å²) in [7, 11) is 4.20. The van der Waals surface area contributed by atoms with Gasteiger partial charge in [-0.25, -0.2) is 4.79 Å². The predicted octanol–water partition coefficient (Wildman–Crippen LogP) is 2.20. The number of fused-ring (bicyclic) bond motifs is 2. The summed E-state index contributed by atoms with van der Waals surface area (Å²) in [5.41, 5.74) is 0.702. The normalized spacial score (nSPS) is 27.7. The van der Waals surface area contributed by atoms with Crippen molar-refractivity contribution in [2.75, 3.05) is 40.4 Å². The number of likely N-dealkylation sites (N-methyl/N-ethyl adjacent to an activating group) is 1. The van der Waals surface area contributed by atoms with Crippen molar-refractivity contribution in [1.29, 1.82) is 0 Å². The van der Waals surface area contributed by atoms with E-state index in [-0.39, 0.29) is 29.9 Å². The molecule has 0 amide bonds. The van der Waals surface area contributed by atoms with E-state index in [1.165, 1.54) is 44.9 Å². The highest BCUT2D eigenvalue weighted by Crippen LogP contribution is 2.66. The number of quaternary nitrogens is 1. The molecule has 2 rings (SSSR count). The van der Waals surface area contributed by atoms with Crippen LogP contribution >= 0.6 is 0 Å². The van der Waals surface area contributed by atoms with Crippen molar-refractivity contribution in [2.24, 2.45) is 16.7 Å². The lowest BCUT2D eigenvalue weighted by Gasteiger charge is -2.39. The number of rotatable bonds is 13. The first-order valence-electron chi connectivity index (χ1n) is 11.7. The number of carbonyl (C=O) groups is 1.